The van der Waals surface area contributed by atoms with E-state index < -0.39 is 0 Å². The molecule has 1 nitrogen and oxygen atoms in total. The highest BCUT2D eigenvalue weighted by molar-refractivity contribution is 5.40. The quantitative estimate of drug-likeness (QED) is 0.714. The van der Waals surface area contributed by atoms with E-state index in [1.807, 2.05) is 13.0 Å². The largest absolute Gasteiger partial charge is 0.405 e. The SMILES string of the molecule is C=C(C)/C(=C\C=C\N)CC1=CC=C(C(C)(C)C)C1. The van der Waals surface area contributed by atoms with Gasteiger partial charge in [0.2, 0.25) is 0 Å². The van der Waals surface area contributed by atoms with E-state index in [-0.39, 0.29) is 5.41 Å². The molecule has 1 aliphatic rings. The number of rotatable bonds is 4. The van der Waals surface area contributed by atoms with Gasteiger partial charge in [0.15, 0.2) is 0 Å². The summed E-state index contributed by atoms with van der Waals surface area (Å²) in [5, 5.41) is 0. The van der Waals surface area contributed by atoms with Crippen molar-refractivity contribution in [1.82, 2.24) is 0 Å². The number of hydrogen-bond donors (Lipinski definition) is 1. The summed E-state index contributed by atoms with van der Waals surface area (Å²) in [6, 6.07) is 0. The molecule has 98 valence electrons. The van der Waals surface area contributed by atoms with Crippen LogP contribution in [-0.4, -0.2) is 0 Å². The summed E-state index contributed by atoms with van der Waals surface area (Å²) in [7, 11) is 0. The average molecular weight is 243 g/mol. The highest BCUT2D eigenvalue weighted by Crippen LogP contribution is 2.36. The minimum atomic E-state index is 0.266. The first-order valence-corrected chi connectivity index (χ1v) is 6.47. The van der Waals surface area contributed by atoms with Gasteiger partial charge in [0.05, 0.1) is 0 Å². The zero-order chi connectivity index (χ0) is 13.8. The molecule has 0 saturated heterocycles. The molecule has 0 bridgehead atoms. The molecule has 0 aliphatic heterocycles. The summed E-state index contributed by atoms with van der Waals surface area (Å²) < 4.78 is 0. The highest BCUT2D eigenvalue weighted by Gasteiger charge is 2.20. The first-order chi connectivity index (χ1) is 8.34. The van der Waals surface area contributed by atoms with Crippen LogP contribution in [0.3, 0.4) is 0 Å². The Kier molecular flexibility index (Phi) is 4.77. The average Bonchev–Trinajstić information content (AvgIpc) is 2.71. The van der Waals surface area contributed by atoms with Gasteiger partial charge in [0.25, 0.3) is 0 Å². The van der Waals surface area contributed by atoms with E-state index in [1.54, 1.807) is 6.20 Å². The van der Waals surface area contributed by atoms with E-state index in [4.69, 9.17) is 5.73 Å². The number of allylic oxidation sites excluding steroid dienone is 8. The van der Waals surface area contributed by atoms with Gasteiger partial charge in [0, 0.05) is 0 Å². The Morgan fingerprint density at radius 2 is 2.06 bits per heavy atom. The van der Waals surface area contributed by atoms with Crippen molar-refractivity contribution in [3.63, 3.8) is 0 Å². The van der Waals surface area contributed by atoms with Crippen molar-refractivity contribution in [2.45, 2.75) is 40.5 Å². The second-order valence-corrected chi connectivity index (χ2v) is 5.98. The van der Waals surface area contributed by atoms with Crippen molar-refractivity contribution >= 4 is 0 Å². The molecule has 0 amide bonds. The van der Waals surface area contributed by atoms with Crippen LogP contribution < -0.4 is 5.73 Å². The highest BCUT2D eigenvalue weighted by atomic mass is 14.5. The van der Waals surface area contributed by atoms with E-state index >= 15 is 0 Å². The van der Waals surface area contributed by atoms with E-state index in [0.29, 0.717) is 0 Å². The molecule has 2 N–H and O–H groups in total. The molecule has 1 heteroatoms. The van der Waals surface area contributed by atoms with E-state index in [2.05, 4.69) is 45.6 Å². The van der Waals surface area contributed by atoms with Gasteiger partial charge in [-0.15, -0.1) is 0 Å². The van der Waals surface area contributed by atoms with Crippen LogP contribution in [0.15, 0.2) is 59.4 Å². The summed E-state index contributed by atoms with van der Waals surface area (Å²) in [6.45, 7) is 12.9. The third-order valence-electron chi connectivity index (χ3n) is 3.28. The molecule has 1 rings (SSSR count). The van der Waals surface area contributed by atoms with Gasteiger partial charge in [-0.2, -0.15) is 0 Å². The summed E-state index contributed by atoms with van der Waals surface area (Å²) in [4.78, 5) is 0. The number of nitrogens with two attached hydrogens (primary N) is 1. The van der Waals surface area contributed by atoms with Gasteiger partial charge < -0.3 is 5.73 Å². The van der Waals surface area contributed by atoms with Crippen molar-refractivity contribution in [3.05, 3.63) is 59.4 Å². The van der Waals surface area contributed by atoms with Crippen molar-refractivity contribution in [1.29, 1.82) is 0 Å². The Morgan fingerprint density at radius 3 is 2.50 bits per heavy atom. The van der Waals surface area contributed by atoms with Gasteiger partial charge in [-0.1, -0.05) is 62.3 Å². The first-order valence-electron chi connectivity index (χ1n) is 6.47. The zero-order valence-corrected chi connectivity index (χ0v) is 12.1. The second-order valence-electron chi connectivity index (χ2n) is 5.98. The van der Waals surface area contributed by atoms with Gasteiger partial charge >= 0.3 is 0 Å². The van der Waals surface area contributed by atoms with Crippen LogP contribution in [0.1, 0.15) is 40.5 Å². The molecule has 0 fully saturated rings. The van der Waals surface area contributed by atoms with Crippen molar-refractivity contribution in [2.24, 2.45) is 11.1 Å². The predicted molar refractivity (Wildman–Crippen MR) is 81.1 cm³/mol. The van der Waals surface area contributed by atoms with Crippen molar-refractivity contribution in [3.8, 4) is 0 Å². The lowest BCUT2D eigenvalue weighted by Gasteiger charge is -2.21. The van der Waals surface area contributed by atoms with E-state index in [1.165, 1.54) is 16.7 Å². The normalized spacial score (nSPS) is 17.0. The molecular formula is C17H25N. The van der Waals surface area contributed by atoms with Crippen LogP contribution >= 0.6 is 0 Å². The molecule has 0 spiro atoms. The third kappa shape index (κ3) is 4.06. The third-order valence-corrected chi connectivity index (χ3v) is 3.28. The maximum atomic E-state index is 5.38. The monoisotopic (exact) mass is 243 g/mol. The molecule has 0 atom stereocenters. The Hall–Kier alpha value is -1.50. The molecule has 0 saturated carbocycles. The van der Waals surface area contributed by atoms with Crippen molar-refractivity contribution < 1.29 is 0 Å². The molecule has 1 aliphatic carbocycles. The lowest BCUT2D eigenvalue weighted by atomic mass is 9.84. The first kappa shape index (κ1) is 14.6. The molecule has 0 radical (unpaired) electrons. The molecule has 0 aromatic carbocycles. The van der Waals surface area contributed by atoms with Gasteiger partial charge in [0.1, 0.15) is 0 Å². The van der Waals surface area contributed by atoms with Crippen LogP contribution in [-0.2, 0) is 0 Å². The van der Waals surface area contributed by atoms with Crippen LogP contribution in [0.25, 0.3) is 0 Å². The van der Waals surface area contributed by atoms with Crippen molar-refractivity contribution in [2.75, 3.05) is 0 Å². The molecule has 0 aromatic heterocycles. The lowest BCUT2D eigenvalue weighted by molar-refractivity contribution is 0.493. The predicted octanol–water partition coefficient (Wildman–Crippen LogP) is 4.65. The van der Waals surface area contributed by atoms with Gasteiger partial charge in [-0.25, -0.2) is 0 Å². The maximum absolute atomic E-state index is 5.38. The fourth-order valence-corrected chi connectivity index (χ4v) is 1.99. The lowest BCUT2D eigenvalue weighted by Crippen LogP contribution is -2.08. The second kappa shape index (κ2) is 5.90. The van der Waals surface area contributed by atoms with E-state index in [9.17, 15) is 0 Å². The Bertz CT molecular complexity index is 437. The summed E-state index contributed by atoms with van der Waals surface area (Å²) >= 11 is 0. The fraction of sp³-hybridized carbons (Fsp3) is 0.412. The molecule has 0 unspecified atom stereocenters. The molecule has 0 aromatic rings. The summed E-state index contributed by atoms with van der Waals surface area (Å²) in [5.41, 5.74) is 11.0. The summed E-state index contributed by atoms with van der Waals surface area (Å²) in [5.74, 6) is 0. The topological polar surface area (TPSA) is 26.0 Å². The minimum absolute atomic E-state index is 0.266. The van der Waals surface area contributed by atoms with Crippen LogP contribution in [0.5, 0.6) is 0 Å². The van der Waals surface area contributed by atoms with E-state index in [0.717, 1.165) is 18.4 Å². The smallest absolute Gasteiger partial charge is 0.00583 e. The number of hydrogen-bond acceptors (Lipinski definition) is 1. The van der Waals surface area contributed by atoms with Crippen LogP contribution in [0.2, 0.25) is 0 Å². The molecular weight excluding hydrogens is 218 g/mol. The standard InChI is InChI=1S/C17H25N/c1-13(2)15(7-6-10-18)11-14-8-9-16(12-14)17(3,4)5/h6-10H,1,11-12,18H2,2-5H3/b10-6+,15-7-. The molecule has 0 heterocycles. The fourth-order valence-electron chi connectivity index (χ4n) is 1.99. The summed E-state index contributed by atoms with van der Waals surface area (Å²) in [6.07, 6.45) is 12.1. The maximum Gasteiger partial charge on any atom is -0.00583 e. The van der Waals surface area contributed by atoms with Gasteiger partial charge in [-0.05, 0) is 43.0 Å². The van der Waals surface area contributed by atoms with Crippen LogP contribution in [0.4, 0.5) is 0 Å². The molecule has 18 heavy (non-hydrogen) atoms. The Morgan fingerprint density at radius 1 is 1.39 bits per heavy atom. The Balaban J connectivity index is 2.69. The van der Waals surface area contributed by atoms with Gasteiger partial charge in [-0.3, -0.25) is 0 Å². The van der Waals surface area contributed by atoms with Crippen LogP contribution in [0, 0.1) is 5.41 Å². The zero-order valence-electron chi connectivity index (χ0n) is 12.1. The Labute approximate surface area is 111 Å². The minimum Gasteiger partial charge on any atom is -0.405 e.